The summed E-state index contributed by atoms with van der Waals surface area (Å²) in [6.07, 6.45) is -0.0288. The Hall–Kier alpha value is -2.46. The second kappa shape index (κ2) is 8.28. The molecule has 0 atom stereocenters. The third-order valence-electron chi connectivity index (χ3n) is 3.86. The van der Waals surface area contributed by atoms with Crippen LogP contribution in [0.1, 0.15) is 38.3 Å². The third-order valence-corrected chi connectivity index (χ3v) is 3.86. The highest BCUT2D eigenvalue weighted by Gasteiger charge is 2.28. The number of nitriles is 1. The predicted molar refractivity (Wildman–Crippen MR) is 92.5 cm³/mol. The van der Waals surface area contributed by atoms with Gasteiger partial charge in [-0.3, -0.25) is 0 Å². The van der Waals surface area contributed by atoms with Crippen LogP contribution >= 0.6 is 0 Å². The summed E-state index contributed by atoms with van der Waals surface area (Å²) in [5.41, 5.74) is 2.11. The Morgan fingerprint density at radius 1 is 1.31 bits per heavy atom. The zero-order valence-corrected chi connectivity index (χ0v) is 15.1. The van der Waals surface area contributed by atoms with E-state index in [0.717, 1.165) is 16.7 Å². The summed E-state index contributed by atoms with van der Waals surface area (Å²) >= 11 is 0. The first-order valence-corrected chi connectivity index (χ1v) is 8.28. The fourth-order valence-corrected chi connectivity index (χ4v) is 2.65. The van der Waals surface area contributed by atoms with Crippen LogP contribution in [0.25, 0.3) is 5.57 Å². The van der Waals surface area contributed by atoms with E-state index in [-0.39, 0.29) is 13.2 Å². The van der Waals surface area contributed by atoms with Gasteiger partial charge in [0.25, 0.3) is 0 Å². The Morgan fingerprint density at radius 3 is 2.50 bits per heavy atom. The molecule has 140 valence electrons. The number of rotatable bonds is 4. The van der Waals surface area contributed by atoms with Gasteiger partial charge in [-0.1, -0.05) is 12.1 Å². The highest BCUT2D eigenvalue weighted by atomic mass is 19.3. The maximum Gasteiger partial charge on any atom is 0.410 e. The summed E-state index contributed by atoms with van der Waals surface area (Å²) in [7, 11) is 0. The van der Waals surface area contributed by atoms with Crippen molar-refractivity contribution in [2.75, 3.05) is 19.7 Å². The first-order chi connectivity index (χ1) is 12.2. The van der Waals surface area contributed by atoms with Gasteiger partial charge in [-0.05, 0) is 56.0 Å². The Labute approximate surface area is 151 Å². The van der Waals surface area contributed by atoms with Gasteiger partial charge in [-0.2, -0.15) is 14.0 Å². The van der Waals surface area contributed by atoms with Crippen molar-refractivity contribution in [3.63, 3.8) is 0 Å². The van der Waals surface area contributed by atoms with Crippen LogP contribution < -0.4 is 0 Å². The number of hydrogen-bond donors (Lipinski definition) is 0. The van der Waals surface area contributed by atoms with Crippen LogP contribution in [0.4, 0.5) is 13.6 Å². The standard InChI is InChI=1S/C19H22F2N2O3/c1-19(2,3)26-18(24)23-9-8-15(12-25-17(20)21)16(11-23)14-6-4-13(10-22)5-7-14/h4-7,17H,8-9,11-12H2,1-3H3. The maximum absolute atomic E-state index is 12.4. The molecule has 0 aromatic heterocycles. The second-order valence-corrected chi connectivity index (χ2v) is 6.99. The van der Waals surface area contributed by atoms with Crippen LogP contribution in [0, 0.1) is 11.3 Å². The lowest BCUT2D eigenvalue weighted by molar-refractivity contribution is -0.121. The lowest BCUT2D eigenvalue weighted by atomic mass is 9.94. The Bertz CT molecular complexity index is 716. The molecule has 1 heterocycles. The lowest BCUT2D eigenvalue weighted by Crippen LogP contribution is -2.40. The van der Waals surface area contributed by atoms with Crippen molar-refractivity contribution in [3.05, 3.63) is 41.0 Å². The van der Waals surface area contributed by atoms with Gasteiger partial charge in [0.05, 0.1) is 18.2 Å². The van der Waals surface area contributed by atoms with E-state index in [2.05, 4.69) is 4.74 Å². The molecule has 0 fully saturated rings. The highest BCUT2D eigenvalue weighted by Crippen LogP contribution is 2.28. The van der Waals surface area contributed by atoms with Crippen LogP contribution in [0.2, 0.25) is 0 Å². The van der Waals surface area contributed by atoms with Crippen molar-refractivity contribution in [1.82, 2.24) is 4.90 Å². The summed E-state index contributed by atoms with van der Waals surface area (Å²) in [4.78, 5) is 13.9. The molecule has 7 heteroatoms. The van der Waals surface area contributed by atoms with Gasteiger partial charge in [0.1, 0.15) is 5.60 Å². The molecule has 0 unspecified atom stereocenters. The molecule has 0 spiro atoms. The SMILES string of the molecule is CC(C)(C)OC(=O)N1CCC(COC(F)F)=C(c2ccc(C#N)cc2)C1. The summed E-state index contributed by atoms with van der Waals surface area (Å²) in [6, 6.07) is 8.83. The quantitative estimate of drug-likeness (QED) is 0.804. The lowest BCUT2D eigenvalue weighted by Gasteiger charge is -2.33. The molecule has 1 aliphatic rings. The van der Waals surface area contributed by atoms with E-state index in [0.29, 0.717) is 18.5 Å². The first-order valence-electron chi connectivity index (χ1n) is 8.28. The average molecular weight is 364 g/mol. The van der Waals surface area contributed by atoms with Crippen LogP contribution in [0.15, 0.2) is 29.8 Å². The average Bonchev–Trinajstić information content (AvgIpc) is 2.58. The first kappa shape index (κ1) is 19.9. The van der Waals surface area contributed by atoms with Crippen molar-refractivity contribution in [3.8, 4) is 6.07 Å². The number of nitrogens with zero attached hydrogens (tertiary/aromatic N) is 2. The van der Waals surface area contributed by atoms with Gasteiger partial charge in [-0.25, -0.2) is 4.79 Å². The van der Waals surface area contributed by atoms with Crippen molar-refractivity contribution in [1.29, 1.82) is 5.26 Å². The number of ether oxygens (including phenoxy) is 2. The van der Waals surface area contributed by atoms with E-state index < -0.39 is 18.3 Å². The largest absolute Gasteiger partial charge is 0.444 e. The van der Waals surface area contributed by atoms with E-state index in [9.17, 15) is 13.6 Å². The monoisotopic (exact) mass is 364 g/mol. The van der Waals surface area contributed by atoms with Crippen LogP contribution in [0.3, 0.4) is 0 Å². The minimum atomic E-state index is -2.85. The fraction of sp³-hybridized carbons (Fsp3) is 0.474. The molecule has 5 nitrogen and oxygen atoms in total. The maximum atomic E-state index is 12.4. The number of carbonyl (C=O) groups excluding carboxylic acids is 1. The molecule has 0 N–H and O–H groups in total. The smallest absolute Gasteiger partial charge is 0.410 e. The van der Waals surface area contributed by atoms with Crippen molar-refractivity contribution >= 4 is 11.7 Å². The normalized spacial score (nSPS) is 15.2. The molecule has 26 heavy (non-hydrogen) atoms. The van der Waals surface area contributed by atoms with Gasteiger partial charge in [-0.15, -0.1) is 0 Å². The molecule has 2 rings (SSSR count). The Morgan fingerprint density at radius 2 is 1.96 bits per heavy atom. The van der Waals surface area contributed by atoms with Gasteiger partial charge in [0.15, 0.2) is 0 Å². The Balaban J connectivity index is 2.27. The second-order valence-electron chi connectivity index (χ2n) is 6.99. The summed E-state index contributed by atoms with van der Waals surface area (Å²) in [6.45, 7) is 2.92. The molecular weight excluding hydrogens is 342 g/mol. The van der Waals surface area contributed by atoms with Gasteiger partial charge < -0.3 is 14.4 Å². The van der Waals surface area contributed by atoms with E-state index in [1.54, 1.807) is 49.9 Å². The zero-order chi connectivity index (χ0) is 19.3. The van der Waals surface area contributed by atoms with E-state index in [4.69, 9.17) is 10.00 Å². The summed E-state index contributed by atoms with van der Waals surface area (Å²) in [5, 5.41) is 8.92. The zero-order valence-electron chi connectivity index (χ0n) is 15.1. The third kappa shape index (κ3) is 5.53. The highest BCUT2D eigenvalue weighted by molar-refractivity contribution is 5.77. The van der Waals surface area contributed by atoms with Crippen molar-refractivity contribution in [2.45, 2.75) is 39.4 Å². The Kier molecular flexibility index (Phi) is 6.32. The number of hydrogen-bond acceptors (Lipinski definition) is 4. The molecular formula is C19H22F2N2O3. The molecule has 1 aliphatic heterocycles. The van der Waals surface area contributed by atoms with Crippen LogP contribution in [-0.2, 0) is 9.47 Å². The predicted octanol–water partition coefficient (Wildman–Crippen LogP) is 4.19. The number of amides is 1. The fourth-order valence-electron chi connectivity index (χ4n) is 2.65. The van der Waals surface area contributed by atoms with Gasteiger partial charge >= 0.3 is 12.7 Å². The summed E-state index contributed by atoms with van der Waals surface area (Å²) < 4.78 is 34.8. The molecule has 1 aromatic carbocycles. The number of alkyl halides is 2. The van der Waals surface area contributed by atoms with Crippen LogP contribution in [-0.4, -0.2) is 42.9 Å². The minimum Gasteiger partial charge on any atom is -0.444 e. The molecule has 0 saturated heterocycles. The molecule has 1 aromatic rings. The molecule has 1 amide bonds. The van der Waals surface area contributed by atoms with Crippen molar-refractivity contribution in [2.24, 2.45) is 0 Å². The summed E-state index contributed by atoms with van der Waals surface area (Å²) in [5.74, 6) is 0. The number of benzene rings is 1. The number of halogens is 2. The minimum absolute atomic E-state index is 0.199. The van der Waals surface area contributed by atoms with Gasteiger partial charge in [0.2, 0.25) is 0 Å². The van der Waals surface area contributed by atoms with E-state index in [1.165, 1.54) is 0 Å². The topological polar surface area (TPSA) is 62.6 Å². The van der Waals surface area contributed by atoms with E-state index >= 15 is 0 Å². The molecule has 0 aliphatic carbocycles. The number of carbonyl (C=O) groups is 1. The van der Waals surface area contributed by atoms with Crippen molar-refractivity contribution < 1.29 is 23.0 Å². The molecule has 0 saturated carbocycles. The molecule has 0 radical (unpaired) electrons. The van der Waals surface area contributed by atoms with Crippen LogP contribution in [0.5, 0.6) is 0 Å². The van der Waals surface area contributed by atoms with E-state index in [1.807, 2.05) is 6.07 Å². The molecule has 0 bridgehead atoms. The van der Waals surface area contributed by atoms with Gasteiger partial charge in [0, 0.05) is 13.1 Å².